The molecule has 0 saturated carbocycles. The number of nitrogens with zero attached hydrogens (tertiary/aromatic N) is 3. The number of aliphatic hydroxyl groups excluding tert-OH is 1. The highest BCUT2D eigenvalue weighted by Gasteiger charge is 2.35. The van der Waals surface area contributed by atoms with E-state index >= 15 is 0 Å². The van der Waals surface area contributed by atoms with E-state index in [2.05, 4.69) is 10.2 Å². The predicted molar refractivity (Wildman–Crippen MR) is 115 cm³/mol. The van der Waals surface area contributed by atoms with E-state index < -0.39 is 29.5 Å². The second-order valence-electron chi connectivity index (χ2n) is 9.13. The highest BCUT2D eigenvalue weighted by Crippen LogP contribution is 2.38. The van der Waals surface area contributed by atoms with Crippen molar-refractivity contribution in [1.29, 1.82) is 0 Å². The Balaban J connectivity index is 1.78. The Kier molecular flexibility index (Phi) is 6.88. The van der Waals surface area contributed by atoms with Crippen LogP contribution in [0.15, 0.2) is 24.3 Å². The number of methoxy groups -OCH3 is 1. The molecule has 1 amide bonds. The Morgan fingerprint density at radius 1 is 1.21 bits per heavy atom. The van der Waals surface area contributed by atoms with E-state index in [4.69, 9.17) is 9.47 Å². The minimum absolute atomic E-state index is 0.0271. The summed E-state index contributed by atoms with van der Waals surface area (Å²) < 4.78 is 49.6. The summed E-state index contributed by atoms with van der Waals surface area (Å²) >= 11 is 0. The van der Waals surface area contributed by atoms with Gasteiger partial charge in [-0.2, -0.15) is 18.3 Å². The molecule has 0 radical (unpaired) electrons. The lowest BCUT2D eigenvalue weighted by Crippen LogP contribution is -2.35. The van der Waals surface area contributed by atoms with Gasteiger partial charge in [0, 0.05) is 24.6 Å². The number of benzene rings is 1. The molecule has 1 aromatic heterocycles. The van der Waals surface area contributed by atoms with Crippen LogP contribution in [-0.4, -0.2) is 52.1 Å². The van der Waals surface area contributed by atoms with E-state index in [-0.39, 0.29) is 11.7 Å². The zero-order valence-corrected chi connectivity index (χ0v) is 19.2. The van der Waals surface area contributed by atoms with E-state index in [1.165, 1.54) is 13.2 Å². The molecule has 180 valence electrons. The Hall–Kier alpha value is -2.88. The number of ether oxygens (including phenoxy) is 2. The van der Waals surface area contributed by atoms with Crippen LogP contribution in [0.3, 0.4) is 0 Å². The third-order valence-electron chi connectivity index (χ3n) is 5.41. The number of aryl methyl sites for hydroxylation is 1. The number of likely N-dealkylation sites (tertiary alicyclic amines) is 1. The van der Waals surface area contributed by atoms with E-state index in [0.717, 1.165) is 12.1 Å². The molecule has 1 aliphatic heterocycles. The first-order chi connectivity index (χ1) is 15.3. The van der Waals surface area contributed by atoms with Gasteiger partial charge in [0.05, 0.1) is 24.1 Å². The van der Waals surface area contributed by atoms with Crippen LogP contribution in [0.5, 0.6) is 5.75 Å². The fourth-order valence-electron chi connectivity index (χ4n) is 3.76. The second-order valence-corrected chi connectivity index (χ2v) is 9.13. The molecule has 0 aliphatic carbocycles. The summed E-state index contributed by atoms with van der Waals surface area (Å²) in [7, 11) is 1.29. The zero-order valence-electron chi connectivity index (χ0n) is 19.2. The van der Waals surface area contributed by atoms with E-state index in [9.17, 15) is 23.1 Å². The first-order valence-corrected chi connectivity index (χ1v) is 10.6. The summed E-state index contributed by atoms with van der Waals surface area (Å²) in [6.45, 7) is 7.89. The minimum Gasteiger partial charge on any atom is -0.496 e. The first-order valence-electron chi connectivity index (χ1n) is 10.6. The third-order valence-corrected chi connectivity index (χ3v) is 5.41. The molecular weight excluding hydrogens is 439 g/mol. The van der Waals surface area contributed by atoms with E-state index in [1.54, 1.807) is 38.7 Å². The lowest BCUT2D eigenvalue weighted by molar-refractivity contribution is -0.137. The molecule has 10 heteroatoms. The molecule has 33 heavy (non-hydrogen) atoms. The molecule has 7 nitrogen and oxygen atoms in total. The monoisotopic (exact) mass is 467 g/mol. The van der Waals surface area contributed by atoms with Crippen LogP contribution in [0.1, 0.15) is 50.1 Å². The molecule has 1 aliphatic rings. The number of alkyl halides is 3. The smallest absolute Gasteiger partial charge is 0.416 e. The molecular formula is C23H28F3N3O4. The van der Waals surface area contributed by atoms with Crippen molar-refractivity contribution in [2.45, 2.75) is 52.0 Å². The molecule has 0 bridgehead atoms. The Labute approximate surface area is 190 Å². The van der Waals surface area contributed by atoms with Gasteiger partial charge in [-0.3, -0.25) is 0 Å². The van der Waals surface area contributed by atoms with Crippen LogP contribution in [-0.2, 0) is 10.9 Å². The van der Waals surface area contributed by atoms with Gasteiger partial charge in [-0.15, -0.1) is 5.10 Å². The quantitative estimate of drug-likeness (QED) is 0.697. The third kappa shape index (κ3) is 5.73. The number of amides is 1. The molecule has 2 atom stereocenters. The normalized spacial score (nSPS) is 17.7. The highest BCUT2D eigenvalue weighted by atomic mass is 19.4. The predicted octanol–water partition coefficient (Wildman–Crippen LogP) is 4.77. The van der Waals surface area contributed by atoms with Crippen LogP contribution >= 0.6 is 0 Å². The minimum atomic E-state index is -4.49. The maximum absolute atomic E-state index is 13.0. The van der Waals surface area contributed by atoms with Crippen molar-refractivity contribution in [2.75, 3.05) is 20.2 Å². The molecule has 0 spiro atoms. The molecule has 1 N–H and O–H groups in total. The van der Waals surface area contributed by atoms with Crippen molar-refractivity contribution >= 4 is 6.09 Å². The van der Waals surface area contributed by atoms with Crippen molar-refractivity contribution in [2.24, 2.45) is 5.92 Å². The van der Waals surface area contributed by atoms with Crippen LogP contribution in [0.4, 0.5) is 18.0 Å². The molecule has 2 heterocycles. The maximum atomic E-state index is 13.0. The Morgan fingerprint density at radius 2 is 1.91 bits per heavy atom. The van der Waals surface area contributed by atoms with Crippen molar-refractivity contribution in [1.82, 2.24) is 15.1 Å². The van der Waals surface area contributed by atoms with Crippen LogP contribution in [0, 0.1) is 12.8 Å². The van der Waals surface area contributed by atoms with Gasteiger partial charge in [-0.25, -0.2) is 4.79 Å². The van der Waals surface area contributed by atoms with Gasteiger partial charge in [0.15, 0.2) is 0 Å². The fraction of sp³-hybridized carbons (Fsp3) is 0.522. The van der Waals surface area contributed by atoms with Gasteiger partial charge < -0.3 is 19.5 Å². The summed E-state index contributed by atoms with van der Waals surface area (Å²) in [5.41, 5.74) is 0.256. The largest absolute Gasteiger partial charge is 0.496 e. The number of aliphatic hydroxyl groups is 1. The standard InChI is InChI=1S/C23H28F3N3O4/c1-13-10-17(20(30)14-8-9-29(12-14)21(31)33-22(2,3)4)27-28-19(13)16-7-6-15(23(24,25)26)11-18(16)32-5/h6-7,10-11,14,20,30H,8-9,12H2,1-5H3/t14-,20?/m1/s1. The van der Waals surface area contributed by atoms with Gasteiger partial charge in [-0.05, 0) is 63.9 Å². The lowest BCUT2D eigenvalue weighted by Gasteiger charge is -2.25. The number of halogens is 3. The van der Waals surface area contributed by atoms with Crippen molar-refractivity contribution in [3.8, 4) is 17.0 Å². The van der Waals surface area contributed by atoms with Crippen molar-refractivity contribution in [3.05, 3.63) is 41.1 Å². The lowest BCUT2D eigenvalue weighted by atomic mass is 9.97. The number of carbonyl (C=O) groups excluding carboxylic acids is 1. The number of aromatic nitrogens is 2. The maximum Gasteiger partial charge on any atom is 0.416 e. The summed E-state index contributed by atoms with van der Waals surface area (Å²) in [5, 5.41) is 19.1. The number of carbonyl (C=O) groups is 1. The summed E-state index contributed by atoms with van der Waals surface area (Å²) in [6, 6.07) is 4.83. The van der Waals surface area contributed by atoms with Gasteiger partial charge in [0.2, 0.25) is 0 Å². The summed E-state index contributed by atoms with van der Waals surface area (Å²) in [4.78, 5) is 13.8. The van der Waals surface area contributed by atoms with Crippen molar-refractivity contribution < 1.29 is 32.5 Å². The molecule has 3 rings (SSSR count). The average Bonchev–Trinajstić information content (AvgIpc) is 3.21. The van der Waals surface area contributed by atoms with Crippen LogP contribution < -0.4 is 4.74 Å². The number of hydrogen-bond acceptors (Lipinski definition) is 6. The number of hydrogen-bond donors (Lipinski definition) is 1. The molecule has 1 fully saturated rings. The average molecular weight is 467 g/mol. The summed E-state index contributed by atoms with van der Waals surface area (Å²) in [5.74, 6) is -0.211. The number of rotatable bonds is 4. The molecule has 2 aromatic rings. The van der Waals surface area contributed by atoms with Crippen molar-refractivity contribution in [3.63, 3.8) is 0 Å². The Bertz CT molecular complexity index is 1020. The topological polar surface area (TPSA) is 84.8 Å². The van der Waals surface area contributed by atoms with E-state index in [0.29, 0.717) is 42.0 Å². The molecule has 1 aromatic carbocycles. The van der Waals surface area contributed by atoms with E-state index in [1.807, 2.05) is 0 Å². The van der Waals surface area contributed by atoms with Gasteiger partial charge in [0.1, 0.15) is 17.5 Å². The van der Waals surface area contributed by atoms with Crippen LogP contribution in [0.25, 0.3) is 11.3 Å². The van der Waals surface area contributed by atoms with Gasteiger partial charge in [0.25, 0.3) is 0 Å². The Morgan fingerprint density at radius 3 is 2.48 bits per heavy atom. The fourth-order valence-corrected chi connectivity index (χ4v) is 3.76. The van der Waals surface area contributed by atoms with Crippen LogP contribution in [0.2, 0.25) is 0 Å². The highest BCUT2D eigenvalue weighted by molar-refractivity contribution is 5.70. The second kappa shape index (κ2) is 9.17. The SMILES string of the molecule is COc1cc(C(F)(F)F)ccc1-c1nnc(C(O)[C@@H]2CCN(C(=O)OC(C)(C)C)C2)cc1C. The van der Waals surface area contributed by atoms with Gasteiger partial charge >= 0.3 is 12.3 Å². The molecule has 1 unspecified atom stereocenters. The summed E-state index contributed by atoms with van der Waals surface area (Å²) in [6.07, 6.45) is -5.29. The zero-order chi connectivity index (χ0) is 24.6. The first kappa shape index (κ1) is 24.8. The molecule has 1 saturated heterocycles. The van der Waals surface area contributed by atoms with Gasteiger partial charge in [-0.1, -0.05) is 0 Å².